The molecule has 0 nitrogen and oxygen atoms in total. The van der Waals surface area contributed by atoms with Gasteiger partial charge in [0.1, 0.15) is 0 Å². The Balaban J connectivity index is 1.77. The van der Waals surface area contributed by atoms with Gasteiger partial charge in [0.05, 0.1) is 10.3 Å². The standard InChI is InChI=1S/C26H20Cl2P2/c27-24-17-22-21-14-8-7-9-18(21)15-16-23(22)26(25(24)28,29-19-10-3-1-4-11-19)30-20-12-5-2-6-13-20/h1-17,25,29-30H. The van der Waals surface area contributed by atoms with Crippen molar-refractivity contribution in [3.8, 4) is 0 Å². The fourth-order valence-corrected chi connectivity index (χ4v) is 9.12. The summed E-state index contributed by atoms with van der Waals surface area (Å²) in [7, 11) is 1.02. The minimum atomic E-state index is -0.282. The van der Waals surface area contributed by atoms with Gasteiger partial charge in [-0.05, 0) is 38.6 Å². The summed E-state index contributed by atoms with van der Waals surface area (Å²) < 4.78 is 0. The minimum Gasteiger partial charge on any atom is -0.115 e. The molecule has 4 heteroatoms. The van der Waals surface area contributed by atoms with E-state index in [1.54, 1.807) is 0 Å². The molecule has 1 aliphatic rings. The lowest BCUT2D eigenvalue weighted by molar-refractivity contribution is 0.874. The van der Waals surface area contributed by atoms with Crippen molar-refractivity contribution in [1.29, 1.82) is 0 Å². The van der Waals surface area contributed by atoms with Gasteiger partial charge < -0.3 is 0 Å². The first-order chi connectivity index (χ1) is 14.7. The first-order valence-corrected chi connectivity index (χ1v) is 12.7. The Hall–Kier alpha value is -1.68. The van der Waals surface area contributed by atoms with Gasteiger partial charge in [0, 0.05) is 5.03 Å². The van der Waals surface area contributed by atoms with Crippen LogP contribution in [0.1, 0.15) is 11.1 Å². The predicted octanol–water partition coefficient (Wildman–Crippen LogP) is 7.20. The van der Waals surface area contributed by atoms with E-state index >= 15 is 0 Å². The number of fused-ring (bicyclic) bond motifs is 3. The Morgan fingerprint density at radius 1 is 0.667 bits per heavy atom. The Labute approximate surface area is 190 Å². The van der Waals surface area contributed by atoms with E-state index in [-0.39, 0.29) is 10.3 Å². The van der Waals surface area contributed by atoms with Crippen LogP contribution in [0, 0.1) is 0 Å². The van der Waals surface area contributed by atoms with Gasteiger partial charge in [0.2, 0.25) is 0 Å². The van der Waals surface area contributed by atoms with Gasteiger partial charge in [-0.3, -0.25) is 0 Å². The Bertz CT molecular complexity index is 1180. The molecular formula is C26H20Cl2P2. The molecule has 3 atom stereocenters. The maximum atomic E-state index is 7.18. The van der Waals surface area contributed by atoms with Gasteiger partial charge in [0.15, 0.2) is 0 Å². The monoisotopic (exact) mass is 464 g/mol. The molecule has 148 valence electrons. The molecule has 30 heavy (non-hydrogen) atoms. The summed E-state index contributed by atoms with van der Waals surface area (Å²) in [6.45, 7) is 0. The van der Waals surface area contributed by atoms with Crippen LogP contribution in [0.3, 0.4) is 0 Å². The summed E-state index contributed by atoms with van der Waals surface area (Å²) in [6.07, 6.45) is 2.08. The average Bonchev–Trinajstić information content (AvgIpc) is 2.79. The predicted molar refractivity (Wildman–Crippen MR) is 138 cm³/mol. The lowest BCUT2D eigenvalue weighted by Crippen LogP contribution is -2.34. The Morgan fingerprint density at radius 2 is 1.23 bits per heavy atom. The number of benzene rings is 4. The van der Waals surface area contributed by atoms with Gasteiger partial charge >= 0.3 is 0 Å². The first-order valence-electron chi connectivity index (χ1n) is 9.87. The second-order valence-corrected chi connectivity index (χ2v) is 12.0. The first kappa shape index (κ1) is 20.2. The van der Waals surface area contributed by atoms with Crippen molar-refractivity contribution in [1.82, 2.24) is 0 Å². The van der Waals surface area contributed by atoms with Crippen molar-refractivity contribution >= 4 is 67.8 Å². The van der Waals surface area contributed by atoms with E-state index in [2.05, 4.69) is 103 Å². The third kappa shape index (κ3) is 3.62. The van der Waals surface area contributed by atoms with Crippen molar-refractivity contribution in [2.24, 2.45) is 0 Å². The second-order valence-electron chi connectivity index (χ2n) is 7.43. The van der Waals surface area contributed by atoms with Crippen molar-refractivity contribution in [3.05, 3.63) is 113 Å². The summed E-state index contributed by atoms with van der Waals surface area (Å²) in [6, 6.07) is 34.4. The third-order valence-electron chi connectivity index (χ3n) is 5.53. The Kier molecular flexibility index (Phi) is 5.70. The van der Waals surface area contributed by atoms with E-state index in [9.17, 15) is 0 Å². The van der Waals surface area contributed by atoms with Crippen LogP contribution in [0.25, 0.3) is 16.8 Å². The van der Waals surface area contributed by atoms with Gasteiger partial charge in [-0.1, -0.05) is 126 Å². The van der Waals surface area contributed by atoms with Crippen LogP contribution in [0.5, 0.6) is 0 Å². The highest BCUT2D eigenvalue weighted by Crippen LogP contribution is 2.63. The van der Waals surface area contributed by atoms with Crippen LogP contribution in [0.2, 0.25) is 0 Å². The molecule has 0 aliphatic heterocycles. The molecule has 0 saturated heterocycles. The molecule has 0 aromatic heterocycles. The lowest BCUT2D eigenvalue weighted by atomic mass is 9.91. The van der Waals surface area contributed by atoms with E-state index in [1.165, 1.54) is 32.5 Å². The normalized spacial score (nSPS) is 21.4. The summed E-state index contributed by atoms with van der Waals surface area (Å²) in [5.41, 5.74) is 2.51. The number of hydrogen-bond donors (Lipinski definition) is 0. The summed E-state index contributed by atoms with van der Waals surface area (Å²) in [5.74, 6) is 0. The average molecular weight is 465 g/mol. The van der Waals surface area contributed by atoms with E-state index in [0.717, 1.165) is 5.03 Å². The quantitative estimate of drug-likeness (QED) is 0.221. The number of alkyl halides is 1. The zero-order valence-electron chi connectivity index (χ0n) is 16.1. The summed E-state index contributed by atoms with van der Waals surface area (Å²) >= 11 is 14.0. The highest BCUT2D eigenvalue weighted by atomic mass is 35.5. The fraction of sp³-hybridized carbons (Fsp3) is 0.0769. The lowest BCUT2D eigenvalue weighted by Gasteiger charge is -2.42. The van der Waals surface area contributed by atoms with Crippen molar-refractivity contribution in [2.45, 2.75) is 10.3 Å². The number of hydrogen-bond acceptors (Lipinski definition) is 0. The van der Waals surface area contributed by atoms with Crippen LogP contribution >= 0.6 is 40.4 Å². The van der Waals surface area contributed by atoms with Gasteiger partial charge in [-0.15, -0.1) is 11.6 Å². The maximum absolute atomic E-state index is 7.18. The van der Waals surface area contributed by atoms with Gasteiger partial charge in [-0.25, -0.2) is 0 Å². The molecule has 0 saturated carbocycles. The molecule has 4 aromatic carbocycles. The van der Waals surface area contributed by atoms with E-state index < -0.39 is 0 Å². The molecule has 3 unspecified atom stereocenters. The SMILES string of the molecule is ClC1=Cc2c(ccc3ccccc23)C(Pc2ccccc2)(Pc2ccccc2)C1Cl. The highest BCUT2D eigenvalue weighted by molar-refractivity contribution is 7.66. The number of rotatable bonds is 4. The number of allylic oxidation sites excluding steroid dienone is 1. The maximum Gasteiger partial charge on any atom is 0.0868 e. The van der Waals surface area contributed by atoms with Crippen LogP contribution in [0.4, 0.5) is 0 Å². The van der Waals surface area contributed by atoms with Crippen molar-refractivity contribution in [3.63, 3.8) is 0 Å². The molecule has 5 rings (SSSR count). The smallest absolute Gasteiger partial charge is 0.0868 e. The zero-order chi connectivity index (χ0) is 20.6. The van der Waals surface area contributed by atoms with Crippen molar-refractivity contribution < 1.29 is 0 Å². The number of halogens is 2. The van der Waals surface area contributed by atoms with Crippen LogP contribution in [0.15, 0.2) is 102 Å². The van der Waals surface area contributed by atoms with Gasteiger partial charge in [-0.2, -0.15) is 0 Å². The molecule has 0 fully saturated rings. The molecule has 0 spiro atoms. The summed E-state index contributed by atoms with van der Waals surface area (Å²) in [4.78, 5) is -0.282. The molecule has 0 heterocycles. The highest BCUT2D eigenvalue weighted by Gasteiger charge is 2.45. The second kappa shape index (κ2) is 8.45. The van der Waals surface area contributed by atoms with Crippen LogP contribution < -0.4 is 10.6 Å². The molecule has 0 radical (unpaired) electrons. The zero-order valence-corrected chi connectivity index (χ0v) is 19.7. The van der Waals surface area contributed by atoms with E-state index in [4.69, 9.17) is 23.2 Å². The third-order valence-corrected chi connectivity index (χ3v) is 10.8. The largest absolute Gasteiger partial charge is 0.115 e. The van der Waals surface area contributed by atoms with E-state index in [1.807, 2.05) is 0 Å². The minimum absolute atomic E-state index is 0.273. The molecular weight excluding hydrogens is 445 g/mol. The van der Waals surface area contributed by atoms with Gasteiger partial charge in [0.25, 0.3) is 0 Å². The van der Waals surface area contributed by atoms with Crippen molar-refractivity contribution in [2.75, 3.05) is 0 Å². The van der Waals surface area contributed by atoms with Crippen LogP contribution in [-0.2, 0) is 4.90 Å². The summed E-state index contributed by atoms with van der Waals surface area (Å²) in [5, 5.41) is 5.52. The molecule has 0 amide bonds. The Morgan fingerprint density at radius 3 is 1.87 bits per heavy atom. The molecule has 1 aliphatic carbocycles. The van der Waals surface area contributed by atoms with Crippen LogP contribution in [-0.4, -0.2) is 5.38 Å². The molecule has 4 aromatic rings. The molecule has 0 bridgehead atoms. The van der Waals surface area contributed by atoms with E-state index in [0.29, 0.717) is 17.2 Å². The topological polar surface area (TPSA) is 0 Å². The molecule has 0 N–H and O–H groups in total. The fourth-order valence-electron chi connectivity index (χ4n) is 4.14.